The Balaban J connectivity index is 1.76. The van der Waals surface area contributed by atoms with Gasteiger partial charge in [0.25, 0.3) is 0 Å². The van der Waals surface area contributed by atoms with Crippen molar-refractivity contribution in [2.24, 2.45) is 5.41 Å². The largest absolute Gasteiger partial charge is 0.493 e. The molecule has 3 aromatic rings. The number of rotatable bonds is 12. The van der Waals surface area contributed by atoms with E-state index < -0.39 is 5.41 Å². The number of hydrogen-bond donors (Lipinski definition) is 0. The van der Waals surface area contributed by atoms with E-state index in [9.17, 15) is 14.4 Å². The first-order chi connectivity index (χ1) is 16.6. The first-order valence-corrected chi connectivity index (χ1v) is 11.4. The van der Waals surface area contributed by atoms with Gasteiger partial charge in [0.1, 0.15) is 37.1 Å². The van der Waals surface area contributed by atoms with Gasteiger partial charge < -0.3 is 14.2 Å². The molecule has 6 heteroatoms. The van der Waals surface area contributed by atoms with Crippen molar-refractivity contribution in [3.05, 3.63) is 89.5 Å². The second kappa shape index (κ2) is 11.5. The van der Waals surface area contributed by atoms with Crippen molar-refractivity contribution < 1.29 is 28.6 Å². The van der Waals surface area contributed by atoms with Crippen LogP contribution >= 0.6 is 0 Å². The molecule has 0 aliphatic carbocycles. The fraction of sp³-hybridized carbons (Fsp3) is 0.276. The number of ether oxygens (including phenoxy) is 3. The Morgan fingerprint density at radius 1 is 0.571 bits per heavy atom. The molecular formula is C29H30O6. The van der Waals surface area contributed by atoms with Crippen LogP contribution < -0.4 is 14.2 Å². The normalized spacial score (nSPS) is 11.0. The molecule has 35 heavy (non-hydrogen) atoms. The van der Waals surface area contributed by atoms with Gasteiger partial charge in [0.15, 0.2) is 17.3 Å². The van der Waals surface area contributed by atoms with E-state index in [2.05, 4.69) is 0 Å². The SMILES string of the molecule is CC(=O)c1cccc(OCC(C)(COc2cccc(C(C)=O)c2)COc2cccc(C(C)=O)c2)c1. The van der Waals surface area contributed by atoms with Gasteiger partial charge >= 0.3 is 0 Å². The molecule has 0 saturated carbocycles. The number of benzene rings is 3. The second-order valence-corrected chi connectivity index (χ2v) is 8.93. The molecule has 0 spiro atoms. The van der Waals surface area contributed by atoms with Crippen LogP contribution in [0.15, 0.2) is 72.8 Å². The number of hydrogen-bond acceptors (Lipinski definition) is 6. The molecule has 3 aromatic carbocycles. The molecule has 0 radical (unpaired) electrons. The van der Waals surface area contributed by atoms with Crippen LogP contribution in [0.25, 0.3) is 0 Å². The Kier molecular flexibility index (Phi) is 8.42. The van der Waals surface area contributed by atoms with Gasteiger partial charge in [0.2, 0.25) is 0 Å². The first-order valence-electron chi connectivity index (χ1n) is 11.4. The molecule has 0 unspecified atom stereocenters. The van der Waals surface area contributed by atoms with Gasteiger partial charge in [-0.2, -0.15) is 0 Å². The van der Waals surface area contributed by atoms with Crippen molar-refractivity contribution in [2.45, 2.75) is 27.7 Å². The van der Waals surface area contributed by atoms with Crippen LogP contribution in [0.5, 0.6) is 17.2 Å². The van der Waals surface area contributed by atoms with Crippen molar-refractivity contribution in [3.63, 3.8) is 0 Å². The molecule has 0 aliphatic heterocycles. The number of carbonyl (C=O) groups is 3. The number of carbonyl (C=O) groups excluding carboxylic acids is 3. The molecule has 3 rings (SSSR count). The van der Waals surface area contributed by atoms with Crippen LogP contribution in [-0.2, 0) is 0 Å². The quantitative estimate of drug-likeness (QED) is 0.307. The highest BCUT2D eigenvalue weighted by atomic mass is 16.5. The maximum absolute atomic E-state index is 11.7. The van der Waals surface area contributed by atoms with Gasteiger partial charge in [-0.25, -0.2) is 0 Å². The second-order valence-electron chi connectivity index (χ2n) is 8.93. The Bertz CT molecular complexity index is 1060. The minimum Gasteiger partial charge on any atom is -0.493 e. The fourth-order valence-electron chi connectivity index (χ4n) is 3.31. The number of ketones is 3. The van der Waals surface area contributed by atoms with Gasteiger partial charge in [-0.1, -0.05) is 36.4 Å². The van der Waals surface area contributed by atoms with E-state index in [1.54, 1.807) is 72.8 Å². The summed E-state index contributed by atoms with van der Waals surface area (Å²) in [5.74, 6) is 1.59. The molecule has 0 amide bonds. The zero-order chi connectivity index (χ0) is 25.4. The standard InChI is InChI=1S/C29H30O6/c1-20(30)23-8-5-11-26(14-23)33-17-29(4,18-34-27-12-6-9-24(15-27)21(2)31)19-35-28-13-7-10-25(16-28)22(3)32/h5-16H,17-19H2,1-4H3. The summed E-state index contributed by atoms with van der Waals surface area (Å²) in [5.41, 5.74) is 1.10. The van der Waals surface area contributed by atoms with Crippen molar-refractivity contribution >= 4 is 17.3 Å². The first kappa shape index (κ1) is 25.7. The van der Waals surface area contributed by atoms with Crippen LogP contribution in [0.3, 0.4) is 0 Å². The lowest BCUT2D eigenvalue weighted by Gasteiger charge is -2.29. The summed E-state index contributed by atoms with van der Waals surface area (Å²) in [5, 5.41) is 0. The van der Waals surface area contributed by atoms with E-state index in [0.717, 1.165) is 0 Å². The van der Waals surface area contributed by atoms with Gasteiger partial charge in [0.05, 0.1) is 5.41 Å². The molecule has 6 nitrogen and oxygen atoms in total. The zero-order valence-corrected chi connectivity index (χ0v) is 20.5. The predicted octanol–water partition coefficient (Wildman–Crippen LogP) is 5.84. The Labute approximate surface area is 205 Å². The summed E-state index contributed by atoms with van der Waals surface area (Å²) in [4.78, 5) is 35.2. The van der Waals surface area contributed by atoms with E-state index in [1.807, 2.05) is 6.92 Å². The lowest BCUT2D eigenvalue weighted by molar-refractivity contribution is 0.0472. The maximum Gasteiger partial charge on any atom is 0.159 e. The number of Topliss-reactive ketones (excluding diaryl/α,β-unsaturated/α-hetero) is 3. The van der Waals surface area contributed by atoms with Crippen LogP contribution in [-0.4, -0.2) is 37.2 Å². The molecule has 0 fully saturated rings. The van der Waals surface area contributed by atoms with Crippen LogP contribution in [0, 0.1) is 5.41 Å². The monoisotopic (exact) mass is 474 g/mol. The Morgan fingerprint density at radius 3 is 1.11 bits per heavy atom. The van der Waals surface area contributed by atoms with Crippen molar-refractivity contribution in [3.8, 4) is 17.2 Å². The molecule has 0 atom stereocenters. The summed E-state index contributed by atoms with van der Waals surface area (Å²) in [7, 11) is 0. The molecule has 182 valence electrons. The molecule has 0 bridgehead atoms. The van der Waals surface area contributed by atoms with Gasteiger partial charge in [-0.15, -0.1) is 0 Å². The molecule has 0 aromatic heterocycles. The molecule has 0 aliphatic rings. The van der Waals surface area contributed by atoms with Crippen molar-refractivity contribution in [1.82, 2.24) is 0 Å². The van der Waals surface area contributed by atoms with Gasteiger partial charge in [-0.3, -0.25) is 14.4 Å². The van der Waals surface area contributed by atoms with E-state index >= 15 is 0 Å². The third kappa shape index (κ3) is 7.54. The maximum atomic E-state index is 11.7. The lowest BCUT2D eigenvalue weighted by atomic mass is 9.94. The summed E-state index contributed by atoms with van der Waals surface area (Å²) in [6, 6.07) is 21.0. The van der Waals surface area contributed by atoms with Crippen molar-refractivity contribution in [1.29, 1.82) is 0 Å². The minimum atomic E-state index is -0.606. The Hall–Kier alpha value is -3.93. The summed E-state index contributed by atoms with van der Waals surface area (Å²) >= 11 is 0. The molecule has 0 N–H and O–H groups in total. The minimum absolute atomic E-state index is 0.0411. The fourth-order valence-corrected chi connectivity index (χ4v) is 3.31. The van der Waals surface area contributed by atoms with Crippen LogP contribution in [0.4, 0.5) is 0 Å². The van der Waals surface area contributed by atoms with E-state index in [0.29, 0.717) is 33.9 Å². The van der Waals surface area contributed by atoms with Crippen molar-refractivity contribution in [2.75, 3.05) is 19.8 Å². The smallest absolute Gasteiger partial charge is 0.159 e. The van der Waals surface area contributed by atoms with Crippen LogP contribution in [0.2, 0.25) is 0 Å². The average molecular weight is 475 g/mol. The highest BCUT2D eigenvalue weighted by Gasteiger charge is 2.29. The highest BCUT2D eigenvalue weighted by molar-refractivity contribution is 5.95. The summed E-state index contributed by atoms with van der Waals surface area (Å²) in [6.45, 7) is 7.22. The molecular weight excluding hydrogens is 444 g/mol. The third-order valence-electron chi connectivity index (χ3n) is 5.48. The third-order valence-corrected chi connectivity index (χ3v) is 5.48. The Morgan fingerprint density at radius 2 is 0.857 bits per heavy atom. The average Bonchev–Trinajstić information content (AvgIpc) is 2.86. The highest BCUT2D eigenvalue weighted by Crippen LogP contribution is 2.25. The van der Waals surface area contributed by atoms with E-state index in [-0.39, 0.29) is 37.2 Å². The van der Waals surface area contributed by atoms with Gasteiger partial charge in [0, 0.05) is 16.7 Å². The molecule has 0 heterocycles. The van der Waals surface area contributed by atoms with Gasteiger partial charge in [-0.05, 0) is 64.1 Å². The topological polar surface area (TPSA) is 78.9 Å². The van der Waals surface area contributed by atoms with E-state index in [1.165, 1.54) is 20.8 Å². The zero-order valence-electron chi connectivity index (χ0n) is 20.5. The molecule has 0 saturated heterocycles. The van der Waals surface area contributed by atoms with Crippen LogP contribution in [0.1, 0.15) is 58.8 Å². The van der Waals surface area contributed by atoms with E-state index in [4.69, 9.17) is 14.2 Å². The summed E-state index contributed by atoms with van der Waals surface area (Å²) < 4.78 is 18.1. The summed E-state index contributed by atoms with van der Waals surface area (Å²) in [6.07, 6.45) is 0. The lowest BCUT2D eigenvalue weighted by Crippen LogP contribution is -2.38. The predicted molar refractivity (Wildman–Crippen MR) is 134 cm³/mol.